The smallest absolute Gasteiger partial charge is 0.271 e. The lowest BCUT2D eigenvalue weighted by atomic mass is 10.1. The molecule has 0 fully saturated rings. The van der Waals surface area contributed by atoms with E-state index in [1.165, 1.54) is 11.3 Å². The SMILES string of the molecule is CCC(C)NC(=O)c1cccc(CNC(=O)c2csc(-c3ccc(C)o3)n2)c1. The topological polar surface area (TPSA) is 84.2 Å². The van der Waals surface area contributed by atoms with Gasteiger partial charge in [-0.05, 0) is 50.1 Å². The third kappa shape index (κ3) is 4.86. The molecule has 2 heterocycles. The van der Waals surface area contributed by atoms with E-state index in [2.05, 4.69) is 15.6 Å². The first-order valence-electron chi connectivity index (χ1n) is 9.16. The van der Waals surface area contributed by atoms with E-state index in [0.29, 0.717) is 28.6 Å². The van der Waals surface area contributed by atoms with E-state index in [0.717, 1.165) is 17.7 Å². The second-order valence-corrected chi connectivity index (χ2v) is 7.47. The molecule has 0 saturated carbocycles. The minimum atomic E-state index is -0.264. The first-order chi connectivity index (χ1) is 13.5. The largest absolute Gasteiger partial charge is 0.459 e. The van der Waals surface area contributed by atoms with Gasteiger partial charge in [-0.2, -0.15) is 0 Å². The third-order valence-electron chi connectivity index (χ3n) is 4.32. The maximum atomic E-state index is 12.4. The van der Waals surface area contributed by atoms with Crippen molar-refractivity contribution in [3.63, 3.8) is 0 Å². The first-order valence-corrected chi connectivity index (χ1v) is 10.0. The average molecular weight is 398 g/mol. The summed E-state index contributed by atoms with van der Waals surface area (Å²) >= 11 is 1.36. The molecule has 3 rings (SSSR count). The first kappa shape index (κ1) is 19.8. The summed E-state index contributed by atoms with van der Waals surface area (Å²) in [5, 5.41) is 8.16. The predicted molar refractivity (Wildman–Crippen MR) is 109 cm³/mol. The van der Waals surface area contributed by atoms with Gasteiger partial charge >= 0.3 is 0 Å². The molecule has 1 atom stereocenters. The van der Waals surface area contributed by atoms with Gasteiger partial charge in [0.05, 0.1) is 0 Å². The van der Waals surface area contributed by atoms with Gasteiger partial charge in [-0.15, -0.1) is 11.3 Å². The zero-order chi connectivity index (χ0) is 20.1. The number of aromatic nitrogens is 1. The second-order valence-electron chi connectivity index (χ2n) is 6.61. The minimum absolute atomic E-state index is 0.111. The summed E-state index contributed by atoms with van der Waals surface area (Å²) in [4.78, 5) is 29.0. The lowest BCUT2D eigenvalue weighted by molar-refractivity contribution is 0.0936. The van der Waals surface area contributed by atoms with Gasteiger partial charge in [-0.25, -0.2) is 4.98 Å². The van der Waals surface area contributed by atoms with Crippen molar-refractivity contribution in [1.82, 2.24) is 15.6 Å². The van der Waals surface area contributed by atoms with Crippen molar-refractivity contribution in [2.45, 2.75) is 39.8 Å². The van der Waals surface area contributed by atoms with Crippen molar-refractivity contribution in [2.24, 2.45) is 0 Å². The number of rotatable bonds is 7. The molecule has 0 aliphatic heterocycles. The molecule has 7 heteroatoms. The summed E-state index contributed by atoms with van der Waals surface area (Å²) in [5.74, 6) is 1.08. The molecular formula is C21H23N3O3S. The lowest BCUT2D eigenvalue weighted by Crippen LogP contribution is -2.32. The van der Waals surface area contributed by atoms with E-state index >= 15 is 0 Å². The van der Waals surface area contributed by atoms with Crippen LogP contribution in [-0.2, 0) is 6.54 Å². The molecule has 6 nitrogen and oxygen atoms in total. The van der Waals surface area contributed by atoms with Gasteiger partial charge in [0.15, 0.2) is 10.8 Å². The Bertz CT molecular complexity index is 977. The van der Waals surface area contributed by atoms with Crippen LogP contribution in [0.3, 0.4) is 0 Å². The van der Waals surface area contributed by atoms with Gasteiger partial charge in [0.1, 0.15) is 11.5 Å². The molecule has 2 aromatic heterocycles. The van der Waals surface area contributed by atoms with Crippen LogP contribution in [0.4, 0.5) is 0 Å². The van der Waals surface area contributed by atoms with Gasteiger partial charge in [0.2, 0.25) is 0 Å². The molecule has 0 saturated heterocycles. The Morgan fingerprint density at radius 3 is 2.75 bits per heavy atom. The van der Waals surface area contributed by atoms with Crippen LogP contribution in [0.15, 0.2) is 46.2 Å². The molecule has 146 valence electrons. The number of carbonyl (C=O) groups excluding carboxylic acids is 2. The van der Waals surface area contributed by atoms with Gasteiger partial charge in [0.25, 0.3) is 11.8 Å². The highest BCUT2D eigenvalue weighted by molar-refractivity contribution is 7.13. The van der Waals surface area contributed by atoms with E-state index in [-0.39, 0.29) is 17.9 Å². The Labute approximate surface area is 168 Å². The van der Waals surface area contributed by atoms with E-state index in [9.17, 15) is 9.59 Å². The Morgan fingerprint density at radius 1 is 1.21 bits per heavy atom. The highest BCUT2D eigenvalue weighted by atomic mass is 32.1. The number of nitrogens with zero attached hydrogens (tertiary/aromatic N) is 1. The molecule has 0 aliphatic carbocycles. The summed E-state index contributed by atoms with van der Waals surface area (Å²) < 4.78 is 5.54. The zero-order valence-electron chi connectivity index (χ0n) is 16.1. The number of hydrogen-bond acceptors (Lipinski definition) is 5. The third-order valence-corrected chi connectivity index (χ3v) is 5.18. The van der Waals surface area contributed by atoms with E-state index in [4.69, 9.17) is 4.42 Å². The summed E-state index contributed by atoms with van der Waals surface area (Å²) in [5.41, 5.74) is 1.78. The predicted octanol–water partition coefficient (Wildman–Crippen LogP) is 4.17. The maximum absolute atomic E-state index is 12.4. The van der Waals surface area contributed by atoms with E-state index < -0.39 is 0 Å². The monoisotopic (exact) mass is 397 g/mol. The fourth-order valence-corrected chi connectivity index (χ4v) is 3.31. The van der Waals surface area contributed by atoms with Crippen LogP contribution in [0, 0.1) is 6.92 Å². The second kappa shape index (κ2) is 8.84. The minimum Gasteiger partial charge on any atom is -0.459 e. The molecule has 28 heavy (non-hydrogen) atoms. The summed E-state index contributed by atoms with van der Waals surface area (Å²) in [6.07, 6.45) is 0.870. The summed E-state index contributed by atoms with van der Waals surface area (Å²) in [6.45, 7) is 6.17. The fraction of sp³-hybridized carbons (Fsp3) is 0.286. The maximum Gasteiger partial charge on any atom is 0.271 e. The van der Waals surface area contributed by atoms with Crippen LogP contribution in [0.1, 0.15) is 52.4 Å². The van der Waals surface area contributed by atoms with Crippen molar-refractivity contribution in [1.29, 1.82) is 0 Å². The molecule has 0 bridgehead atoms. The van der Waals surface area contributed by atoms with Crippen molar-refractivity contribution in [3.8, 4) is 10.8 Å². The molecule has 0 spiro atoms. The Morgan fingerprint density at radius 2 is 2.04 bits per heavy atom. The lowest BCUT2D eigenvalue weighted by Gasteiger charge is -2.12. The van der Waals surface area contributed by atoms with Gasteiger partial charge in [0, 0.05) is 23.5 Å². The standard InChI is InChI=1S/C21H23N3O3S/c1-4-13(2)23-19(25)16-7-5-6-15(10-16)11-22-20(26)17-12-28-21(24-17)18-9-8-14(3)27-18/h5-10,12-13H,4,11H2,1-3H3,(H,22,26)(H,23,25). The quantitative estimate of drug-likeness (QED) is 0.627. The summed E-state index contributed by atoms with van der Waals surface area (Å²) in [7, 11) is 0. The van der Waals surface area contributed by atoms with E-state index in [1.807, 2.05) is 45.0 Å². The van der Waals surface area contributed by atoms with Crippen LogP contribution in [0.5, 0.6) is 0 Å². The number of benzene rings is 1. The van der Waals surface area contributed by atoms with Gasteiger partial charge in [-0.3, -0.25) is 9.59 Å². The van der Waals surface area contributed by atoms with Crippen molar-refractivity contribution in [2.75, 3.05) is 0 Å². The van der Waals surface area contributed by atoms with Crippen LogP contribution in [0.25, 0.3) is 10.8 Å². The van der Waals surface area contributed by atoms with E-state index in [1.54, 1.807) is 17.5 Å². The molecule has 2 amide bonds. The Hall–Kier alpha value is -2.93. The van der Waals surface area contributed by atoms with Crippen LogP contribution < -0.4 is 10.6 Å². The normalized spacial score (nSPS) is 11.8. The average Bonchev–Trinajstić information content (AvgIpc) is 3.35. The number of nitrogens with one attached hydrogen (secondary N) is 2. The van der Waals surface area contributed by atoms with Gasteiger partial charge < -0.3 is 15.1 Å². The Kier molecular flexibility index (Phi) is 6.26. The van der Waals surface area contributed by atoms with Gasteiger partial charge in [-0.1, -0.05) is 19.1 Å². The zero-order valence-corrected chi connectivity index (χ0v) is 16.9. The highest BCUT2D eigenvalue weighted by Gasteiger charge is 2.14. The number of furan rings is 1. The molecule has 1 aromatic carbocycles. The van der Waals surface area contributed by atoms with Crippen LogP contribution in [-0.4, -0.2) is 22.8 Å². The number of carbonyl (C=O) groups is 2. The van der Waals surface area contributed by atoms with Crippen molar-refractivity contribution >= 4 is 23.2 Å². The molecule has 1 unspecified atom stereocenters. The number of aryl methyl sites for hydroxylation is 1. The number of amides is 2. The van der Waals surface area contributed by atoms with Crippen LogP contribution in [0.2, 0.25) is 0 Å². The van der Waals surface area contributed by atoms with Crippen molar-refractivity contribution < 1.29 is 14.0 Å². The number of thiazole rings is 1. The molecular weight excluding hydrogens is 374 g/mol. The molecule has 3 aromatic rings. The summed E-state index contributed by atoms with van der Waals surface area (Å²) in [6, 6.07) is 11.1. The highest BCUT2D eigenvalue weighted by Crippen LogP contribution is 2.25. The molecule has 0 aliphatic rings. The Balaban J connectivity index is 1.61. The molecule has 2 N–H and O–H groups in total. The van der Waals surface area contributed by atoms with Crippen LogP contribution >= 0.6 is 11.3 Å². The molecule has 0 radical (unpaired) electrons. The fourth-order valence-electron chi connectivity index (χ4n) is 2.55. The number of hydrogen-bond donors (Lipinski definition) is 2. The van der Waals surface area contributed by atoms with Crippen molar-refractivity contribution in [3.05, 3.63) is 64.4 Å².